The quantitative estimate of drug-likeness (QED) is 0.351. The first-order chi connectivity index (χ1) is 15.8. The standard InChI is InChI=1S/C25H29NO7/c1-15(2)33-17-8-6-16(7-9-17)23(27)21-22(26(12-13-30-3)25(29)24(21)28)19-11-10-18(31-4)14-20(19)32-5/h6-11,14-15,22,27H,12-13H2,1-5H3. The maximum Gasteiger partial charge on any atom is 0.295 e. The molecule has 1 atom stereocenters. The van der Waals surface area contributed by atoms with Crippen LogP contribution in [-0.2, 0) is 14.3 Å². The molecule has 8 heteroatoms. The molecule has 0 radical (unpaired) electrons. The topological polar surface area (TPSA) is 94.5 Å². The number of aliphatic hydroxyl groups excluding tert-OH is 1. The Hall–Kier alpha value is -3.52. The van der Waals surface area contributed by atoms with Crippen molar-refractivity contribution in [2.24, 2.45) is 0 Å². The van der Waals surface area contributed by atoms with Gasteiger partial charge in [0, 0.05) is 30.8 Å². The van der Waals surface area contributed by atoms with E-state index in [0.29, 0.717) is 28.4 Å². The predicted octanol–water partition coefficient (Wildman–Crippen LogP) is 3.56. The third-order valence-corrected chi connectivity index (χ3v) is 5.31. The molecule has 1 heterocycles. The molecule has 1 fully saturated rings. The Morgan fingerprint density at radius 3 is 2.24 bits per heavy atom. The third-order valence-electron chi connectivity index (χ3n) is 5.31. The molecule has 0 aromatic heterocycles. The van der Waals surface area contributed by atoms with Crippen molar-refractivity contribution in [3.05, 3.63) is 59.2 Å². The number of benzene rings is 2. The number of amides is 1. The minimum Gasteiger partial charge on any atom is -0.507 e. The monoisotopic (exact) mass is 455 g/mol. The first kappa shape index (κ1) is 24.1. The lowest BCUT2D eigenvalue weighted by Crippen LogP contribution is -2.32. The van der Waals surface area contributed by atoms with Crippen LogP contribution in [0.25, 0.3) is 5.76 Å². The summed E-state index contributed by atoms with van der Waals surface area (Å²) in [4.78, 5) is 27.4. The van der Waals surface area contributed by atoms with Gasteiger partial charge in [-0.15, -0.1) is 0 Å². The minimum absolute atomic E-state index is 0.00177. The number of Topliss-reactive ketones (excluding diaryl/α,β-unsaturated/α-hetero) is 1. The van der Waals surface area contributed by atoms with Gasteiger partial charge in [0.1, 0.15) is 23.0 Å². The van der Waals surface area contributed by atoms with Gasteiger partial charge in [0.2, 0.25) is 0 Å². The molecule has 1 aliphatic rings. The summed E-state index contributed by atoms with van der Waals surface area (Å²) in [5.74, 6) is -0.131. The SMILES string of the molecule is COCCN1C(=O)C(=O)C(=C(O)c2ccc(OC(C)C)cc2)C1c1ccc(OC)cc1OC. The molecule has 33 heavy (non-hydrogen) atoms. The molecular weight excluding hydrogens is 426 g/mol. The van der Waals surface area contributed by atoms with Gasteiger partial charge in [-0.1, -0.05) is 0 Å². The Labute approximate surface area is 193 Å². The molecule has 1 saturated heterocycles. The number of likely N-dealkylation sites (tertiary alicyclic amines) is 1. The molecule has 3 rings (SSSR count). The second kappa shape index (κ2) is 10.4. The molecule has 0 saturated carbocycles. The first-order valence-corrected chi connectivity index (χ1v) is 10.6. The fourth-order valence-corrected chi connectivity index (χ4v) is 3.79. The van der Waals surface area contributed by atoms with Gasteiger partial charge in [0.15, 0.2) is 0 Å². The molecule has 2 aromatic carbocycles. The van der Waals surface area contributed by atoms with Crippen molar-refractivity contribution >= 4 is 17.4 Å². The van der Waals surface area contributed by atoms with Crippen molar-refractivity contribution in [3.8, 4) is 17.2 Å². The summed E-state index contributed by atoms with van der Waals surface area (Å²) in [6.07, 6.45) is -0.00177. The van der Waals surface area contributed by atoms with Crippen LogP contribution in [0.3, 0.4) is 0 Å². The number of rotatable bonds is 9. The normalized spacial score (nSPS) is 17.5. The Kier molecular flexibility index (Phi) is 7.60. The highest BCUT2D eigenvalue weighted by atomic mass is 16.5. The smallest absolute Gasteiger partial charge is 0.295 e. The lowest BCUT2D eigenvalue weighted by atomic mass is 9.94. The van der Waals surface area contributed by atoms with E-state index in [2.05, 4.69) is 0 Å². The highest BCUT2D eigenvalue weighted by Crippen LogP contribution is 2.43. The number of ketones is 1. The fourth-order valence-electron chi connectivity index (χ4n) is 3.79. The van der Waals surface area contributed by atoms with Crippen LogP contribution in [0.2, 0.25) is 0 Å². The summed E-state index contributed by atoms with van der Waals surface area (Å²) in [5, 5.41) is 11.2. The summed E-state index contributed by atoms with van der Waals surface area (Å²) in [6.45, 7) is 4.22. The molecule has 1 amide bonds. The van der Waals surface area contributed by atoms with E-state index in [1.54, 1.807) is 42.5 Å². The lowest BCUT2D eigenvalue weighted by molar-refractivity contribution is -0.140. The molecule has 176 valence electrons. The highest BCUT2D eigenvalue weighted by Gasteiger charge is 2.47. The predicted molar refractivity (Wildman–Crippen MR) is 123 cm³/mol. The molecule has 1 aliphatic heterocycles. The summed E-state index contributed by atoms with van der Waals surface area (Å²) in [5.41, 5.74) is 0.931. The zero-order valence-electron chi connectivity index (χ0n) is 19.5. The van der Waals surface area contributed by atoms with Crippen LogP contribution in [0.4, 0.5) is 0 Å². The number of ether oxygens (including phenoxy) is 4. The molecule has 8 nitrogen and oxygen atoms in total. The van der Waals surface area contributed by atoms with E-state index in [9.17, 15) is 14.7 Å². The number of carbonyl (C=O) groups excluding carboxylic acids is 2. The minimum atomic E-state index is -0.854. The number of hydrogen-bond donors (Lipinski definition) is 1. The van der Waals surface area contributed by atoms with Crippen LogP contribution < -0.4 is 14.2 Å². The zero-order valence-corrected chi connectivity index (χ0v) is 19.5. The summed E-state index contributed by atoms with van der Waals surface area (Å²) in [7, 11) is 4.54. The van der Waals surface area contributed by atoms with Gasteiger partial charge in [0.25, 0.3) is 11.7 Å². The van der Waals surface area contributed by atoms with Crippen LogP contribution >= 0.6 is 0 Å². The second-order valence-corrected chi connectivity index (χ2v) is 7.78. The molecule has 2 aromatic rings. The van der Waals surface area contributed by atoms with E-state index in [-0.39, 0.29) is 30.6 Å². The van der Waals surface area contributed by atoms with Crippen LogP contribution in [0.5, 0.6) is 17.2 Å². The molecule has 0 aliphatic carbocycles. The average molecular weight is 456 g/mol. The Bertz CT molecular complexity index is 1040. The van der Waals surface area contributed by atoms with Gasteiger partial charge in [-0.25, -0.2) is 0 Å². The zero-order chi connectivity index (χ0) is 24.1. The van der Waals surface area contributed by atoms with Crippen molar-refractivity contribution < 1.29 is 33.6 Å². The second-order valence-electron chi connectivity index (χ2n) is 7.78. The van der Waals surface area contributed by atoms with Crippen molar-refractivity contribution in [2.75, 3.05) is 34.5 Å². The number of methoxy groups -OCH3 is 3. The van der Waals surface area contributed by atoms with Crippen LogP contribution in [0.1, 0.15) is 31.0 Å². The molecule has 0 bridgehead atoms. The van der Waals surface area contributed by atoms with Crippen molar-refractivity contribution in [1.82, 2.24) is 4.90 Å². The summed E-state index contributed by atoms with van der Waals surface area (Å²) >= 11 is 0. The average Bonchev–Trinajstić information content (AvgIpc) is 3.06. The maximum absolute atomic E-state index is 13.1. The Morgan fingerprint density at radius 2 is 1.67 bits per heavy atom. The number of aliphatic hydroxyl groups is 1. The van der Waals surface area contributed by atoms with E-state index in [1.165, 1.54) is 26.2 Å². The Balaban J connectivity index is 2.14. The third kappa shape index (κ3) is 4.96. The van der Waals surface area contributed by atoms with Gasteiger partial charge in [-0.05, 0) is 50.2 Å². The van der Waals surface area contributed by atoms with Crippen LogP contribution in [0, 0.1) is 0 Å². The van der Waals surface area contributed by atoms with E-state index >= 15 is 0 Å². The number of nitrogens with zero attached hydrogens (tertiary/aromatic N) is 1. The van der Waals surface area contributed by atoms with Crippen molar-refractivity contribution in [2.45, 2.75) is 26.0 Å². The van der Waals surface area contributed by atoms with Crippen LogP contribution in [-0.4, -0.2) is 62.3 Å². The van der Waals surface area contributed by atoms with E-state index in [4.69, 9.17) is 18.9 Å². The molecule has 1 unspecified atom stereocenters. The van der Waals surface area contributed by atoms with E-state index < -0.39 is 17.7 Å². The highest BCUT2D eigenvalue weighted by molar-refractivity contribution is 6.46. The van der Waals surface area contributed by atoms with Crippen molar-refractivity contribution in [3.63, 3.8) is 0 Å². The lowest BCUT2D eigenvalue weighted by Gasteiger charge is -2.26. The van der Waals surface area contributed by atoms with Gasteiger partial charge in [-0.2, -0.15) is 0 Å². The fraction of sp³-hybridized carbons (Fsp3) is 0.360. The number of hydrogen-bond acceptors (Lipinski definition) is 7. The van der Waals surface area contributed by atoms with Gasteiger partial charge < -0.3 is 29.0 Å². The van der Waals surface area contributed by atoms with Crippen LogP contribution in [0.15, 0.2) is 48.0 Å². The molecule has 1 N–H and O–H groups in total. The van der Waals surface area contributed by atoms with Gasteiger partial charge in [-0.3, -0.25) is 9.59 Å². The Morgan fingerprint density at radius 1 is 1.00 bits per heavy atom. The van der Waals surface area contributed by atoms with E-state index in [1.807, 2.05) is 13.8 Å². The van der Waals surface area contributed by atoms with E-state index in [0.717, 1.165) is 0 Å². The van der Waals surface area contributed by atoms with Crippen molar-refractivity contribution in [1.29, 1.82) is 0 Å². The largest absolute Gasteiger partial charge is 0.507 e. The molecular formula is C25H29NO7. The number of carbonyl (C=O) groups is 2. The maximum atomic E-state index is 13.1. The summed E-state index contributed by atoms with van der Waals surface area (Å²) < 4.78 is 21.6. The van der Waals surface area contributed by atoms with Gasteiger partial charge in [0.05, 0.1) is 38.5 Å². The summed E-state index contributed by atoms with van der Waals surface area (Å²) in [6, 6.07) is 11.0. The molecule has 0 spiro atoms. The first-order valence-electron chi connectivity index (χ1n) is 10.6. The van der Waals surface area contributed by atoms with Gasteiger partial charge >= 0.3 is 0 Å².